The lowest BCUT2D eigenvalue weighted by Crippen LogP contribution is -2.11. The number of nitrogens with zero attached hydrogens (tertiary/aromatic N) is 3. The monoisotopic (exact) mass is 365 g/mol. The number of H-pyrrole nitrogens is 1. The second kappa shape index (κ2) is 6.38. The fourth-order valence-corrected chi connectivity index (χ4v) is 3.37. The molecule has 0 bridgehead atoms. The molecule has 6 nitrogen and oxygen atoms in total. The summed E-state index contributed by atoms with van der Waals surface area (Å²) >= 11 is 6.19. The molecule has 3 N–H and O–H groups in total. The number of nitrogens with one attached hydrogen (secondary N) is 1. The minimum Gasteiger partial charge on any atom is -0.366 e. The molecular formula is C19H16ClN5O. The molecule has 0 atom stereocenters. The van der Waals surface area contributed by atoms with Gasteiger partial charge in [0.05, 0.1) is 22.6 Å². The molecule has 0 spiro atoms. The van der Waals surface area contributed by atoms with Crippen LogP contribution in [0.25, 0.3) is 22.6 Å². The summed E-state index contributed by atoms with van der Waals surface area (Å²) in [6, 6.07) is 7.35. The fraction of sp³-hybridized carbons (Fsp3) is 0.158. The molecule has 130 valence electrons. The minimum atomic E-state index is -0.515. The van der Waals surface area contributed by atoms with Crippen LogP contribution in [-0.4, -0.2) is 27.1 Å². The maximum absolute atomic E-state index is 12.1. The Labute approximate surface area is 155 Å². The smallest absolute Gasteiger partial charge is 0.250 e. The molecule has 2 aromatic heterocycles. The highest BCUT2D eigenvalue weighted by atomic mass is 35.5. The average Bonchev–Trinajstić information content (AvgIpc) is 3.28. The van der Waals surface area contributed by atoms with Gasteiger partial charge in [0.2, 0.25) is 0 Å². The maximum atomic E-state index is 12.1. The molecule has 4 rings (SSSR count). The van der Waals surface area contributed by atoms with Crippen molar-refractivity contribution in [2.24, 2.45) is 10.7 Å². The molecule has 0 fully saturated rings. The molecule has 1 amide bonds. The topological polar surface area (TPSA) is 97.0 Å². The minimum absolute atomic E-state index is 0.395. The number of hydrogen-bond acceptors (Lipinski definition) is 4. The zero-order chi connectivity index (χ0) is 18.3. The second-order valence-corrected chi connectivity index (χ2v) is 6.46. The first-order valence-electron chi connectivity index (χ1n) is 8.27. The van der Waals surface area contributed by atoms with Crippen molar-refractivity contribution < 1.29 is 4.79 Å². The van der Waals surface area contributed by atoms with Crippen molar-refractivity contribution in [1.82, 2.24) is 15.0 Å². The number of fused-ring (bicyclic) bond motifs is 1. The summed E-state index contributed by atoms with van der Waals surface area (Å²) in [5.74, 6) is -0.515. The van der Waals surface area contributed by atoms with Gasteiger partial charge < -0.3 is 10.7 Å². The Morgan fingerprint density at radius 1 is 1.31 bits per heavy atom. The summed E-state index contributed by atoms with van der Waals surface area (Å²) < 4.78 is 0. The lowest BCUT2D eigenvalue weighted by Gasteiger charge is -2.09. The van der Waals surface area contributed by atoms with Gasteiger partial charge in [-0.2, -0.15) is 0 Å². The van der Waals surface area contributed by atoms with Crippen LogP contribution in [0.3, 0.4) is 0 Å². The number of aromatic nitrogens is 3. The molecule has 7 heteroatoms. The van der Waals surface area contributed by atoms with Crippen LogP contribution in [0.1, 0.15) is 28.5 Å². The first kappa shape index (κ1) is 16.5. The maximum Gasteiger partial charge on any atom is 0.250 e. The molecule has 1 aromatic carbocycles. The highest BCUT2D eigenvalue weighted by Crippen LogP contribution is 2.37. The number of carbonyl (C=O) groups is 1. The zero-order valence-corrected chi connectivity index (χ0v) is 14.8. The van der Waals surface area contributed by atoms with Gasteiger partial charge in [-0.25, -0.2) is 9.97 Å². The third kappa shape index (κ3) is 2.68. The third-order valence-corrected chi connectivity index (χ3v) is 4.70. The molecule has 0 unspecified atom stereocenters. The Morgan fingerprint density at radius 2 is 2.15 bits per heavy atom. The van der Waals surface area contributed by atoms with Gasteiger partial charge in [0.1, 0.15) is 17.7 Å². The SMILES string of the molecule is CCc1ccc(Cl)cc1-c1[nH]c(-c2ncnc3c2N=CC3)cc1C(N)=O. The van der Waals surface area contributed by atoms with E-state index in [1.807, 2.05) is 25.1 Å². The molecule has 0 aliphatic carbocycles. The van der Waals surface area contributed by atoms with Crippen molar-refractivity contribution >= 4 is 29.4 Å². The van der Waals surface area contributed by atoms with Gasteiger partial charge in [-0.05, 0) is 30.2 Å². The van der Waals surface area contributed by atoms with E-state index in [1.54, 1.807) is 12.3 Å². The second-order valence-electron chi connectivity index (χ2n) is 6.02. The zero-order valence-electron chi connectivity index (χ0n) is 14.1. The van der Waals surface area contributed by atoms with E-state index in [2.05, 4.69) is 19.9 Å². The van der Waals surface area contributed by atoms with E-state index >= 15 is 0 Å². The summed E-state index contributed by atoms with van der Waals surface area (Å²) in [5.41, 5.74) is 11.5. The van der Waals surface area contributed by atoms with E-state index in [0.29, 0.717) is 34.1 Å². The standard InChI is InChI=1S/C19H16ClN5O/c1-2-10-3-4-11(20)7-12(10)16-13(19(21)26)8-15(25-16)18-17-14(5-6-22-17)23-9-24-18/h3-4,6-9,25H,2,5H2,1H3,(H2,21,26). The quantitative estimate of drug-likeness (QED) is 0.737. The van der Waals surface area contributed by atoms with Crippen LogP contribution in [0.5, 0.6) is 0 Å². The Balaban J connectivity index is 1.94. The number of hydrogen-bond donors (Lipinski definition) is 2. The Kier molecular flexibility index (Phi) is 4.05. The number of rotatable bonds is 4. The Hall–Kier alpha value is -2.99. The van der Waals surface area contributed by atoms with Crippen LogP contribution < -0.4 is 5.73 Å². The van der Waals surface area contributed by atoms with E-state index in [1.165, 1.54) is 6.33 Å². The number of aryl methyl sites for hydroxylation is 1. The van der Waals surface area contributed by atoms with Crippen molar-refractivity contribution in [3.8, 4) is 22.6 Å². The van der Waals surface area contributed by atoms with E-state index in [0.717, 1.165) is 28.9 Å². The first-order chi connectivity index (χ1) is 12.6. The first-order valence-corrected chi connectivity index (χ1v) is 8.64. The van der Waals surface area contributed by atoms with Crippen LogP contribution in [-0.2, 0) is 12.8 Å². The summed E-state index contributed by atoms with van der Waals surface area (Å²) in [6.07, 6.45) is 4.78. The van der Waals surface area contributed by atoms with Crippen LogP contribution in [0.4, 0.5) is 5.69 Å². The van der Waals surface area contributed by atoms with Crippen molar-refractivity contribution in [2.45, 2.75) is 19.8 Å². The Morgan fingerprint density at radius 3 is 2.92 bits per heavy atom. The summed E-state index contributed by atoms with van der Waals surface area (Å²) in [7, 11) is 0. The number of aliphatic imine (C=N–C) groups is 1. The van der Waals surface area contributed by atoms with Crippen LogP contribution in [0, 0.1) is 0 Å². The summed E-state index contributed by atoms with van der Waals surface area (Å²) in [6.45, 7) is 2.05. The molecule has 0 saturated carbocycles. The van der Waals surface area contributed by atoms with Crippen LogP contribution in [0.15, 0.2) is 35.6 Å². The molecule has 26 heavy (non-hydrogen) atoms. The van der Waals surface area contributed by atoms with Gasteiger partial charge in [-0.3, -0.25) is 9.79 Å². The van der Waals surface area contributed by atoms with Crippen molar-refractivity contribution in [3.63, 3.8) is 0 Å². The predicted octanol–water partition coefficient (Wildman–Crippen LogP) is 3.71. The number of aromatic amines is 1. The van der Waals surface area contributed by atoms with Crippen molar-refractivity contribution in [3.05, 3.63) is 52.4 Å². The molecule has 0 saturated heterocycles. The van der Waals surface area contributed by atoms with Gasteiger partial charge in [-0.15, -0.1) is 0 Å². The Bertz CT molecular complexity index is 1050. The fourth-order valence-electron chi connectivity index (χ4n) is 3.20. The van der Waals surface area contributed by atoms with E-state index in [9.17, 15) is 4.79 Å². The van der Waals surface area contributed by atoms with Crippen LogP contribution >= 0.6 is 11.6 Å². The molecule has 1 aliphatic heterocycles. The number of carbonyl (C=O) groups excluding carboxylic acids is 1. The largest absolute Gasteiger partial charge is 0.366 e. The number of nitrogens with two attached hydrogens (primary N) is 1. The predicted molar refractivity (Wildman–Crippen MR) is 102 cm³/mol. The lowest BCUT2D eigenvalue weighted by molar-refractivity contribution is 0.100. The number of benzene rings is 1. The molecule has 3 heterocycles. The number of halogens is 1. The third-order valence-electron chi connectivity index (χ3n) is 4.46. The molecule has 0 radical (unpaired) electrons. The average molecular weight is 366 g/mol. The van der Waals surface area contributed by atoms with Gasteiger partial charge in [0.25, 0.3) is 5.91 Å². The van der Waals surface area contributed by atoms with Gasteiger partial charge >= 0.3 is 0 Å². The summed E-state index contributed by atoms with van der Waals surface area (Å²) in [5, 5.41) is 0.594. The normalized spacial score (nSPS) is 12.4. The number of amides is 1. The number of primary amides is 1. The molecule has 1 aliphatic rings. The summed E-state index contributed by atoms with van der Waals surface area (Å²) in [4.78, 5) is 28.3. The van der Waals surface area contributed by atoms with Gasteiger partial charge in [-0.1, -0.05) is 24.6 Å². The lowest BCUT2D eigenvalue weighted by atomic mass is 10.00. The van der Waals surface area contributed by atoms with Gasteiger partial charge in [0.15, 0.2) is 0 Å². The molecular weight excluding hydrogens is 350 g/mol. The van der Waals surface area contributed by atoms with E-state index < -0.39 is 5.91 Å². The van der Waals surface area contributed by atoms with E-state index in [4.69, 9.17) is 17.3 Å². The highest BCUT2D eigenvalue weighted by Gasteiger charge is 2.22. The van der Waals surface area contributed by atoms with Gasteiger partial charge in [0, 0.05) is 23.2 Å². The van der Waals surface area contributed by atoms with Crippen molar-refractivity contribution in [2.75, 3.05) is 0 Å². The van der Waals surface area contributed by atoms with Crippen LogP contribution in [0.2, 0.25) is 5.02 Å². The van der Waals surface area contributed by atoms with Crippen molar-refractivity contribution in [1.29, 1.82) is 0 Å². The highest BCUT2D eigenvalue weighted by molar-refractivity contribution is 6.31. The molecule has 3 aromatic rings. The van der Waals surface area contributed by atoms with E-state index in [-0.39, 0.29) is 0 Å².